The van der Waals surface area contributed by atoms with Crippen LogP contribution in [0.1, 0.15) is 10.4 Å². The van der Waals surface area contributed by atoms with Crippen LogP contribution in [0.3, 0.4) is 0 Å². The number of amides is 1. The number of nitrogens with one attached hydrogen (secondary N) is 1. The van der Waals surface area contributed by atoms with E-state index >= 15 is 0 Å². The van der Waals surface area contributed by atoms with Crippen LogP contribution in [0.15, 0.2) is 36.4 Å². The highest BCUT2D eigenvalue weighted by molar-refractivity contribution is 6.35. The van der Waals surface area contributed by atoms with Gasteiger partial charge in [-0.15, -0.1) is 0 Å². The Morgan fingerprint density at radius 2 is 1.74 bits per heavy atom. The van der Waals surface area contributed by atoms with Gasteiger partial charge in [0.25, 0.3) is 5.91 Å². The quantitative estimate of drug-likeness (QED) is 0.824. The number of benzene rings is 2. The third-order valence-electron chi connectivity index (χ3n) is 2.38. The number of nitrogens with two attached hydrogens (primary N) is 1. The van der Waals surface area contributed by atoms with Crippen molar-refractivity contribution in [2.45, 2.75) is 0 Å². The van der Waals surface area contributed by atoms with Crippen LogP contribution in [0, 0.1) is 5.82 Å². The summed E-state index contributed by atoms with van der Waals surface area (Å²) >= 11 is 11.6. The number of hydrogen-bond acceptors (Lipinski definition) is 2. The van der Waals surface area contributed by atoms with E-state index in [2.05, 4.69) is 5.32 Å². The molecule has 0 fully saturated rings. The van der Waals surface area contributed by atoms with Gasteiger partial charge in [0, 0.05) is 21.3 Å². The van der Waals surface area contributed by atoms with E-state index in [1.54, 1.807) is 18.2 Å². The van der Waals surface area contributed by atoms with Crippen molar-refractivity contribution < 1.29 is 9.18 Å². The summed E-state index contributed by atoms with van der Waals surface area (Å²) < 4.78 is 13.3. The van der Waals surface area contributed by atoms with Crippen molar-refractivity contribution in [2.75, 3.05) is 11.1 Å². The van der Waals surface area contributed by atoms with Gasteiger partial charge in [0.15, 0.2) is 0 Å². The summed E-state index contributed by atoms with van der Waals surface area (Å²) in [4.78, 5) is 11.9. The molecule has 6 heteroatoms. The van der Waals surface area contributed by atoms with Gasteiger partial charge in [0.05, 0.1) is 5.69 Å². The minimum absolute atomic E-state index is 0.0117. The lowest BCUT2D eigenvalue weighted by Gasteiger charge is -2.07. The summed E-state index contributed by atoms with van der Waals surface area (Å²) in [6.07, 6.45) is 0. The Hall–Kier alpha value is -1.78. The molecule has 3 N–H and O–H groups in total. The van der Waals surface area contributed by atoms with E-state index < -0.39 is 11.7 Å². The number of anilines is 2. The Morgan fingerprint density at radius 1 is 1.11 bits per heavy atom. The van der Waals surface area contributed by atoms with Gasteiger partial charge in [-0.3, -0.25) is 4.79 Å². The highest BCUT2D eigenvalue weighted by atomic mass is 35.5. The molecule has 19 heavy (non-hydrogen) atoms. The van der Waals surface area contributed by atoms with Crippen LogP contribution in [-0.4, -0.2) is 5.91 Å². The molecule has 98 valence electrons. The molecule has 1 amide bonds. The fourth-order valence-corrected chi connectivity index (χ4v) is 2.02. The van der Waals surface area contributed by atoms with Crippen molar-refractivity contribution in [3.05, 3.63) is 57.8 Å². The zero-order valence-electron chi connectivity index (χ0n) is 9.58. The monoisotopic (exact) mass is 298 g/mol. The first-order valence-electron chi connectivity index (χ1n) is 5.28. The number of rotatable bonds is 2. The van der Waals surface area contributed by atoms with Gasteiger partial charge in [0.1, 0.15) is 5.82 Å². The molecule has 0 aliphatic carbocycles. The average Bonchev–Trinajstić information content (AvgIpc) is 2.31. The van der Waals surface area contributed by atoms with Gasteiger partial charge in [0.2, 0.25) is 0 Å². The lowest BCUT2D eigenvalue weighted by atomic mass is 10.2. The minimum atomic E-state index is -0.642. The molecule has 0 radical (unpaired) electrons. The molecule has 2 rings (SSSR count). The largest absolute Gasteiger partial charge is 0.396 e. The van der Waals surface area contributed by atoms with Crippen molar-refractivity contribution in [1.82, 2.24) is 0 Å². The maximum Gasteiger partial charge on any atom is 0.255 e. The third-order valence-corrected chi connectivity index (χ3v) is 2.82. The van der Waals surface area contributed by atoms with Gasteiger partial charge in [-0.2, -0.15) is 0 Å². The number of halogens is 3. The molecule has 0 saturated carbocycles. The number of carbonyl (C=O) groups is 1. The highest BCUT2D eigenvalue weighted by Gasteiger charge is 2.09. The Bertz CT molecular complexity index is 626. The molecule has 3 nitrogen and oxygen atoms in total. The van der Waals surface area contributed by atoms with Crippen LogP contribution < -0.4 is 11.1 Å². The van der Waals surface area contributed by atoms with E-state index in [-0.39, 0.29) is 11.3 Å². The van der Waals surface area contributed by atoms with Crippen LogP contribution in [0.25, 0.3) is 0 Å². The summed E-state index contributed by atoms with van der Waals surface area (Å²) in [6, 6.07) is 8.45. The van der Waals surface area contributed by atoms with Crippen LogP contribution in [0.4, 0.5) is 15.8 Å². The normalized spacial score (nSPS) is 10.3. The van der Waals surface area contributed by atoms with E-state index in [1.807, 2.05) is 0 Å². The first kappa shape index (κ1) is 13.6. The van der Waals surface area contributed by atoms with Crippen LogP contribution in [0.2, 0.25) is 10.0 Å². The molecule has 0 spiro atoms. The molecule has 2 aromatic rings. The fraction of sp³-hybridized carbons (Fsp3) is 0. The molecular weight excluding hydrogens is 290 g/mol. The van der Waals surface area contributed by atoms with Gasteiger partial charge in [-0.1, -0.05) is 23.2 Å². The van der Waals surface area contributed by atoms with Crippen molar-refractivity contribution in [2.24, 2.45) is 0 Å². The number of carbonyl (C=O) groups excluding carboxylic acids is 1. The predicted molar refractivity (Wildman–Crippen MR) is 75.2 cm³/mol. The topological polar surface area (TPSA) is 55.1 Å². The molecule has 0 atom stereocenters. The van der Waals surface area contributed by atoms with Crippen LogP contribution >= 0.6 is 23.2 Å². The molecule has 0 saturated heterocycles. The second kappa shape index (κ2) is 5.47. The Labute approximate surface area is 119 Å². The highest BCUT2D eigenvalue weighted by Crippen LogP contribution is 2.23. The summed E-state index contributed by atoms with van der Waals surface area (Å²) in [5, 5.41) is 3.36. The zero-order valence-corrected chi connectivity index (χ0v) is 11.1. The Morgan fingerprint density at radius 3 is 2.32 bits per heavy atom. The smallest absolute Gasteiger partial charge is 0.255 e. The van der Waals surface area contributed by atoms with E-state index in [0.717, 1.165) is 6.07 Å². The summed E-state index contributed by atoms with van der Waals surface area (Å²) in [7, 11) is 0. The lowest BCUT2D eigenvalue weighted by Crippen LogP contribution is -2.12. The number of hydrogen-bond donors (Lipinski definition) is 2. The van der Waals surface area contributed by atoms with E-state index in [0.29, 0.717) is 15.7 Å². The maximum atomic E-state index is 13.3. The fourth-order valence-electron chi connectivity index (χ4n) is 1.50. The second-order valence-electron chi connectivity index (χ2n) is 3.85. The van der Waals surface area contributed by atoms with Crippen molar-refractivity contribution in [1.29, 1.82) is 0 Å². The molecule has 0 bridgehead atoms. The first-order valence-corrected chi connectivity index (χ1v) is 6.04. The summed E-state index contributed by atoms with van der Waals surface area (Å²) in [6.45, 7) is 0. The Kier molecular flexibility index (Phi) is 3.93. The third kappa shape index (κ3) is 3.36. The minimum Gasteiger partial charge on any atom is -0.396 e. The summed E-state index contributed by atoms with van der Waals surface area (Å²) in [5.41, 5.74) is 5.91. The van der Waals surface area contributed by atoms with Gasteiger partial charge < -0.3 is 11.1 Å². The molecule has 0 heterocycles. The Balaban J connectivity index is 2.22. The summed E-state index contributed by atoms with van der Waals surface area (Å²) in [5.74, 6) is -1.12. The molecule has 0 aliphatic heterocycles. The molecule has 0 unspecified atom stereocenters. The van der Waals surface area contributed by atoms with Gasteiger partial charge >= 0.3 is 0 Å². The maximum absolute atomic E-state index is 13.3. The van der Waals surface area contributed by atoms with Gasteiger partial charge in [-0.25, -0.2) is 4.39 Å². The zero-order chi connectivity index (χ0) is 14.0. The van der Waals surface area contributed by atoms with Crippen LogP contribution in [-0.2, 0) is 0 Å². The SMILES string of the molecule is Nc1ccc(C(=O)Nc2cc(Cl)cc(Cl)c2)cc1F. The molecule has 0 aromatic heterocycles. The molecule has 0 aliphatic rings. The second-order valence-corrected chi connectivity index (χ2v) is 4.72. The predicted octanol–water partition coefficient (Wildman–Crippen LogP) is 3.97. The van der Waals surface area contributed by atoms with Crippen molar-refractivity contribution >= 4 is 40.5 Å². The molecule has 2 aromatic carbocycles. The average molecular weight is 299 g/mol. The first-order chi connectivity index (χ1) is 8.95. The van der Waals surface area contributed by atoms with Crippen LogP contribution in [0.5, 0.6) is 0 Å². The van der Waals surface area contributed by atoms with Crippen molar-refractivity contribution in [3.8, 4) is 0 Å². The van der Waals surface area contributed by atoms with Crippen molar-refractivity contribution in [3.63, 3.8) is 0 Å². The molecular formula is C13H9Cl2FN2O. The van der Waals surface area contributed by atoms with Gasteiger partial charge in [-0.05, 0) is 36.4 Å². The lowest BCUT2D eigenvalue weighted by molar-refractivity contribution is 0.102. The van der Waals surface area contributed by atoms with E-state index in [1.165, 1.54) is 12.1 Å². The number of nitrogen functional groups attached to an aromatic ring is 1. The standard InChI is InChI=1S/C13H9Cl2FN2O/c14-8-4-9(15)6-10(5-8)18-13(19)7-1-2-12(17)11(16)3-7/h1-6H,17H2,(H,18,19). The van der Waals surface area contributed by atoms with E-state index in [9.17, 15) is 9.18 Å². The van der Waals surface area contributed by atoms with E-state index in [4.69, 9.17) is 28.9 Å².